The van der Waals surface area contributed by atoms with Crippen molar-refractivity contribution in [3.05, 3.63) is 70.1 Å². The molecule has 4 heterocycles. The standard InChI is InChI=1S/C19H19N7O3/c1-12-10-13(2)26(23-12)17-5-6-18(27)25(24-17)8-7-20-19(28)15-11-14(21-22-15)16-4-3-9-29-16/h3-6,9-11H,7-8H2,1-2H3,(H,20,28)(H,21,22). The zero-order chi connectivity index (χ0) is 20.4. The van der Waals surface area contributed by atoms with Crippen LogP contribution in [0.25, 0.3) is 17.3 Å². The zero-order valence-electron chi connectivity index (χ0n) is 15.9. The molecule has 0 aliphatic carbocycles. The maximum Gasteiger partial charge on any atom is 0.271 e. The molecule has 0 bridgehead atoms. The molecule has 29 heavy (non-hydrogen) atoms. The highest BCUT2D eigenvalue weighted by Crippen LogP contribution is 2.17. The number of hydrogen-bond acceptors (Lipinski definition) is 6. The Bertz CT molecular complexity index is 1200. The van der Waals surface area contributed by atoms with Gasteiger partial charge in [-0.3, -0.25) is 14.7 Å². The Morgan fingerprint density at radius 1 is 1.21 bits per heavy atom. The monoisotopic (exact) mass is 393 g/mol. The highest BCUT2D eigenvalue weighted by Gasteiger charge is 2.13. The van der Waals surface area contributed by atoms with Crippen molar-refractivity contribution < 1.29 is 9.21 Å². The Hall–Kier alpha value is -3.95. The quantitative estimate of drug-likeness (QED) is 0.511. The molecular formula is C19H19N7O3. The van der Waals surface area contributed by atoms with E-state index in [0.717, 1.165) is 11.4 Å². The van der Waals surface area contributed by atoms with E-state index in [9.17, 15) is 9.59 Å². The number of furan rings is 1. The number of aromatic amines is 1. The number of amides is 1. The second-order valence-corrected chi connectivity index (χ2v) is 6.49. The first kappa shape index (κ1) is 18.4. The highest BCUT2D eigenvalue weighted by molar-refractivity contribution is 5.93. The number of aromatic nitrogens is 6. The maximum absolute atomic E-state index is 12.3. The summed E-state index contributed by atoms with van der Waals surface area (Å²) in [4.78, 5) is 24.4. The lowest BCUT2D eigenvalue weighted by Gasteiger charge is -2.08. The summed E-state index contributed by atoms with van der Waals surface area (Å²) in [6.07, 6.45) is 1.54. The van der Waals surface area contributed by atoms with E-state index in [2.05, 4.69) is 25.7 Å². The third-order valence-corrected chi connectivity index (χ3v) is 4.29. The van der Waals surface area contributed by atoms with Crippen LogP contribution in [0.3, 0.4) is 0 Å². The molecule has 0 aliphatic rings. The number of hydrogen-bond donors (Lipinski definition) is 2. The summed E-state index contributed by atoms with van der Waals surface area (Å²) in [6, 6.07) is 10.1. The van der Waals surface area contributed by atoms with Gasteiger partial charge in [0.1, 0.15) is 5.69 Å². The lowest BCUT2D eigenvalue weighted by Crippen LogP contribution is -2.32. The minimum Gasteiger partial charge on any atom is -0.463 e. The number of rotatable bonds is 6. The highest BCUT2D eigenvalue weighted by atomic mass is 16.3. The van der Waals surface area contributed by atoms with Crippen LogP contribution in [0.2, 0.25) is 0 Å². The summed E-state index contributed by atoms with van der Waals surface area (Å²) in [5, 5.41) is 18.2. The van der Waals surface area contributed by atoms with Crippen molar-refractivity contribution in [3.8, 4) is 17.3 Å². The molecule has 0 aromatic carbocycles. The lowest BCUT2D eigenvalue weighted by molar-refractivity contribution is 0.0946. The molecule has 148 valence electrons. The summed E-state index contributed by atoms with van der Waals surface area (Å²) in [6.45, 7) is 4.24. The van der Waals surface area contributed by atoms with Gasteiger partial charge in [0.05, 0.1) is 18.5 Å². The van der Waals surface area contributed by atoms with Crippen molar-refractivity contribution in [1.29, 1.82) is 0 Å². The van der Waals surface area contributed by atoms with Crippen molar-refractivity contribution in [3.63, 3.8) is 0 Å². The van der Waals surface area contributed by atoms with Gasteiger partial charge in [-0.25, -0.2) is 9.36 Å². The largest absolute Gasteiger partial charge is 0.463 e. The third kappa shape index (κ3) is 3.86. The molecule has 0 unspecified atom stereocenters. The summed E-state index contributed by atoms with van der Waals surface area (Å²) in [7, 11) is 0. The van der Waals surface area contributed by atoms with Crippen molar-refractivity contribution in [2.24, 2.45) is 0 Å². The van der Waals surface area contributed by atoms with Crippen LogP contribution in [-0.4, -0.2) is 42.2 Å². The summed E-state index contributed by atoms with van der Waals surface area (Å²) in [5.41, 5.74) is 2.36. The molecule has 0 spiro atoms. The Labute approximate surface area is 165 Å². The average molecular weight is 393 g/mol. The molecular weight excluding hydrogens is 374 g/mol. The van der Waals surface area contributed by atoms with E-state index in [1.807, 2.05) is 19.9 Å². The minimum absolute atomic E-state index is 0.215. The van der Waals surface area contributed by atoms with E-state index >= 15 is 0 Å². The molecule has 4 aromatic rings. The van der Waals surface area contributed by atoms with Crippen LogP contribution in [0.5, 0.6) is 0 Å². The Kier molecular flexibility index (Phi) is 4.82. The van der Waals surface area contributed by atoms with Gasteiger partial charge in [0.25, 0.3) is 11.5 Å². The van der Waals surface area contributed by atoms with E-state index in [4.69, 9.17) is 4.42 Å². The van der Waals surface area contributed by atoms with Crippen LogP contribution in [0, 0.1) is 13.8 Å². The molecule has 10 nitrogen and oxygen atoms in total. The first-order valence-corrected chi connectivity index (χ1v) is 9.00. The van der Waals surface area contributed by atoms with Gasteiger partial charge in [0.15, 0.2) is 17.3 Å². The number of carbonyl (C=O) groups excluding carboxylic acids is 1. The molecule has 0 atom stereocenters. The van der Waals surface area contributed by atoms with Crippen molar-refractivity contribution in [1.82, 2.24) is 35.1 Å². The molecule has 0 radical (unpaired) electrons. The van der Waals surface area contributed by atoms with E-state index in [-0.39, 0.29) is 30.2 Å². The van der Waals surface area contributed by atoms with Gasteiger partial charge in [-0.1, -0.05) is 0 Å². The molecule has 0 saturated carbocycles. The van der Waals surface area contributed by atoms with Crippen LogP contribution in [0.15, 0.2) is 51.9 Å². The smallest absolute Gasteiger partial charge is 0.271 e. The number of H-pyrrole nitrogens is 1. The number of nitrogens with zero attached hydrogens (tertiary/aromatic N) is 5. The van der Waals surface area contributed by atoms with E-state index in [1.54, 1.807) is 35.2 Å². The van der Waals surface area contributed by atoms with Crippen LogP contribution < -0.4 is 10.9 Å². The van der Waals surface area contributed by atoms with E-state index in [0.29, 0.717) is 17.3 Å². The van der Waals surface area contributed by atoms with E-state index < -0.39 is 0 Å². The Balaban J connectivity index is 1.42. The average Bonchev–Trinajstić information content (AvgIpc) is 3.43. The number of nitrogens with one attached hydrogen (secondary N) is 2. The van der Waals surface area contributed by atoms with E-state index in [1.165, 1.54) is 10.7 Å². The van der Waals surface area contributed by atoms with Gasteiger partial charge >= 0.3 is 0 Å². The second kappa shape index (κ2) is 7.58. The molecule has 0 aliphatic heterocycles. The normalized spacial score (nSPS) is 11.0. The number of carbonyl (C=O) groups is 1. The Morgan fingerprint density at radius 3 is 2.79 bits per heavy atom. The zero-order valence-corrected chi connectivity index (χ0v) is 15.9. The predicted molar refractivity (Wildman–Crippen MR) is 104 cm³/mol. The van der Waals surface area contributed by atoms with Crippen LogP contribution >= 0.6 is 0 Å². The summed E-state index contributed by atoms with van der Waals surface area (Å²) in [5.74, 6) is 0.770. The van der Waals surface area contributed by atoms with Gasteiger partial charge in [-0.15, -0.1) is 5.10 Å². The topological polar surface area (TPSA) is 124 Å². The van der Waals surface area contributed by atoms with Crippen molar-refractivity contribution in [2.75, 3.05) is 6.54 Å². The molecule has 2 N–H and O–H groups in total. The van der Waals surface area contributed by atoms with Crippen molar-refractivity contribution in [2.45, 2.75) is 20.4 Å². The van der Waals surface area contributed by atoms with Crippen molar-refractivity contribution >= 4 is 5.91 Å². The van der Waals surface area contributed by atoms with Crippen LogP contribution in [0.4, 0.5) is 0 Å². The summed E-state index contributed by atoms with van der Waals surface area (Å²) < 4.78 is 8.23. The molecule has 4 rings (SSSR count). The Morgan fingerprint density at radius 2 is 2.07 bits per heavy atom. The molecule has 0 saturated heterocycles. The second-order valence-electron chi connectivity index (χ2n) is 6.49. The first-order valence-electron chi connectivity index (χ1n) is 9.00. The maximum atomic E-state index is 12.3. The van der Waals surface area contributed by atoms with Crippen LogP contribution in [0.1, 0.15) is 21.9 Å². The van der Waals surface area contributed by atoms with Crippen LogP contribution in [-0.2, 0) is 6.54 Å². The SMILES string of the molecule is Cc1cc(C)n(-c2ccc(=O)n(CCNC(=O)c3cc(-c4ccco4)[nH]n3)n2)n1. The molecule has 4 aromatic heterocycles. The number of aryl methyl sites for hydroxylation is 2. The third-order valence-electron chi connectivity index (χ3n) is 4.29. The first-order chi connectivity index (χ1) is 14.0. The fraction of sp³-hybridized carbons (Fsp3) is 0.211. The molecule has 1 amide bonds. The molecule has 0 fully saturated rings. The van der Waals surface area contributed by atoms with Gasteiger partial charge in [-0.2, -0.15) is 10.2 Å². The predicted octanol–water partition coefficient (Wildman–Crippen LogP) is 1.46. The van der Waals surface area contributed by atoms with Gasteiger partial charge < -0.3 is 9.73 Å². The summed E-state index contributed by atoms with van der Waals surface area (Å²) >= 11 is 0. The lowest BCUT2D eigenvalue weighted by atomic mass is 10.3. The van der Waals surface area contributed by atoms with Gasteiger partial charge in [0, 0.05) is 24.4 Å². The van der Waals surface area contributed by atoms with Gasteiger partial charge in [0.2, 0.25) is 0 Å². The molecule has 10 heteroatoms. The van der Waals surface area contributed by atoms with Gasteiger partial charge in [-0.05, 0) is 38.1 Å². The fourth-order valence-electron chi connectivity index (χ4n) is 2.93. The fourth-order valence-corrected chi connectivity index (χ4v) is 2.93. The minimum atomic E-state index is -0.359.